The number of carbonyl (C=O) groups is 1. The van der Waals surface area contributed by atoms with Crippen molar-refractivity contribution in [2.45, 2.75) is 20.3 Å². The Kier molecular flexibility index (Phi) is 3.86. The number of nitrogens with one attached hydrogen (secondary N) is 1. The largest absolute Gasteiger partial charge is 0.464 e. The minimum absolute atomic E-state index is 0.0207. The number of halogens is 2. The fourth-order valence-corrected chi connectivity index (χ4v) is 2.72. The van der Waals surface area contributed by atoms with Crippen molar-refractivity contribution in [1.29, 1.82) is 0 Å². The molecule has 0 bridgehead atoms. The Hall–Kier alpha value is -2.69. The van der Waals surface area contributed by atoms with Gasteiger partial charge < -0.3 is 9.73 Å². The van der Waals surface area contributed by atoms with Gasteiger partial charge in [0, 0.05) is 17.0 Å². The number of benzene rings is 2. The van der Waals surface area contributed by atoms with Gasteiger partial charge in [-0.3, -0.25) is 4.79 Å². The molecule has 0 aliphatic rings. The molecule has 0 radical (unpaired) electrons. The standard InChI is InChI=1S/C18H15F2NO2/c1-10-5-11(2)18-12(9-23-16(18)6-10)7-17(22)21-15-8-13(19)3-4-14(15)20/h3-6,8-9H,7H2,1-2H3,(H,21,22). The first kappa shape index (κ1) is 15.2. The van der Waals surface area contributed by atoms with Gasteiger partial charge in [-0.1, -0.05) is 6.07 Å². The average molecular weight is 315 g/mol. The number of carbonyl (C=O) groups excluding carboxylic acids is 1. The van der Waals surface area contributed by atoms with E-state index in [-0.39, 0.29) is 12.1 Å². The minimum atomic E-state index is -0.677. The lowest BCUT2D eigenvalue weighted by Crippen LogP contribution is -2.15. The van der Waals surface area contributed by atoms with Crippen LogP contribution in [-0.2, 0) is 11.2 Å². The zero-order valence-corrected chi connectivity index (χ0v) is 12.7. The highest BCUT2D eigenvalue weighted by Gasteiger charge is 2.14. The van der Waals surface area contributed by atoms with E-state index in [4.69, 9.17) is 4.42 Å². The van der Waals surface area contributed by atoms with Crippen molar-refractivity contribution in [2.24, 2.45) is 0 Å². The molecule has 1 aromatic heterocycles. The van der Waals surface area contributed by atoms with Crippen LogP contribution in [-0.4, -0.2) is 5.91 Å². The molecule has 0 spiro atoms. The third-order valence-electron chi connectivity index (χ3n) is 3.65. The molecule has 0 fully saturated rings. The van der Waals surface area contributed by atoms with Gasteiger partial charge in [0.25, 0.3) is 0 Å². The van der Waals surface area contributed by atoms with Crippen LogP contribution in [0.25, 0.3) is 11.0 Å². The van der Waals surface area contributed by atoms with Gasteiger partial charge in [-0.05, 0) is 43.2 Å². The summed E-state index contributed by atoms with van der Waals surface area (Å²) in [6.45, 7) is 3.91. The fraction of sp³-hybridized carbons (Fsp3) is 0.167. The van der Waals surface area contributed by atoms with Crippen LogP contribution in [0.4, 0.5) is 14.5 Å². The van der Waals surface area contributed by atoms with Crippen LogP contribution in [0.3, 0.4) is 0 Å². The van der Waals surface area contributed by atoms with Crippen LogP contribution in [0.15, 0.2) is 41.0 Å². The summed E-state index contributed by atoms with van der Waals surface area (Å²) < 4.78 is 32.2. The number of aryl methyl sites for hydroxylation is 2. The summed E-state index contributed by atoms with van der Waals surface area (Å²) in [5, 5.41) is 3.27. The zero-order chi connectivity index (χ0) is 16.6. The number of fused-ring (bicyclic) bond motifs is 1. The van der Waals surface area contributed by atoms with Gasteiger partial charge in [0.2, 0.25) is 5.91 Å². The third-order valence-corrected chi connectivity index (χ3v) is 3.65. The van der Waals surface area contributed by atoms with Gasteiger partial charge in [-0.2, -0.15) is 0 Å². The Morgan fingerprint density at radius 1 is 1.17 bits per heavy atom. The number of hydrogen-bond acceptors (Lipinski definition) is 2. The lowest BCUT2D eigenvalue weighted by molar-refractivity contribution is -0.115. The lowest BCUT2D eigenvalue weighted by Gasteiger charge is -2.06. The maximum atomic E-state index is 13.6. The molecule has 118 valence electrons. The predicted molar refractivity (Wildman–Crippen MR) is 84.4 cm³/mol. The van der Waals surface area contributed by atoms with Crippen molar-refractivity contribution in [3.8, 4) is 0 Å². The Morgan fingerprint density at radius 2 is 1.96 bits per heavy atom. The summed E-state index contributed by atoms with van der Waals surface area (Å²) in [6, 6.07) is 6.84. The van der Waals surface area contributed by atoms with Crippen molar-refractivity contribution in [3.05, 3.63) is 64.9 Å². The van der Waals surface area contributed by atoms with E-state index in [0.717, 1.165) is 34.7 Å². The van der Waals surface area contributed by atoms with Crippen molar-refractivity contribution in [3.63, 3.8) is 0 Å². The van der Waals surface area contributed by atoms with Crippen LogP contribution in [0.5, 0.6) is 0 Å². The number of furan rings is 1. The lowest BCUT2D eigenvalue weighted by atomic mass is 10.0. The molecule has 0 aliphatic carbocycles. The number of amides is 1. The molecule has 1 amide bonds. The molecule has 5 heteroatoms. The molecule has 23 heavy (non-hydrogen) atoms. The Balaban J connectivity index is 1.85. The SMILES string of the molecule is Cc1cc(C)c2c(CC(=O)Nc3cc(F)ccc3F)coc2c1. The van der Waals surface area contributed by atoms with Crippen molar-refractivity contribution in [1.82, 2.24) is 0 Å². The summed E-state index contributed by atoms with van der Waals surface area (Å²) >= 11 is 0. The second-order valence-electron chi connectivity index (χ2n) is 5.57. The van der Waals surface area contributed by atoms with E-state index in [9.17, 15) is 13.6 Å². The molecule has 2 aromatic carbocycles. The Bertz CT molecular complexity index is 899. The molecule has 1 N–H and O–H groups in total. The molecular formula is C18H15F2NO2. The van der Waals surface area contributed by atoms with E-state index in [1.54, 1.807) is 0 Å². The highest BCUT2D eigenvalue weighted by molar-refractivity contribution is 5.96. The van der Waals surface area contributed by atoms with Gasteiger partial charge in [0.05, 0.1) is 18.4 Å². The van der Waals surface area contributed by atoms with Crippen LogP contribution in [0, 0.1) is 25.5 Å². The molecular weight excluding hydrogens is 300 g/mol. The van der Waals surface area contributed by atoms with Gasteiger partial charge in [-0.25, -0.2) is 8.78 Å². The summed E-state index contributed by atoms with van der Waals surface area (Å²) in [6.07, 6.45) is 1.55. The highest BCUT2D eigenvalue weighted by Crippen LogP contribution is 2.27. The molecule has 3 nitrogen and oxygen atoms in total. The quantitative estimate of drug-likeness (QED) is 0.772. The molecule has 0 aliphatic heterocycles. The van der Waals surface area contributed by atoms with Crippen LogP contribution < -0.4 is 5.32 Å². The topological polar surface area (TPSA) is 42.2 Å². The molecule has 0 saturated carbocycles. The number of rotatable bonds is 3. The van der Waals surface area contributed by atoms with E-state index >= 15 is 0 Å². The second-order valence-corrected chi connectivity index (χ2v) is 5.57. The summed E-state index contributed by atoms with van der Waals surface area (Å²) in [4.78, 5) is 12.1. The van der Waals surface area contributed by atoms with Crippen LogP contribution in [0.1, 0.15) is 16.7 Å². The number of anilines is 1. The summed E-state index contributed by atoms with van der Waals surface area (Å²) in [5.74, 6) is -1.72. The van der Waals surface area contributed by atoms with Gasteiger partial charge >= 0.3 is 0 Å². The normalized spacial score (nSPS) is 11.0. The maximum Gasteiger partial charge on any atom is 0.229 e. The molecule has 0 unspecified atom stereocenters. The van der Waals surface area contributed by atoms with E-state index in [1.165, 1.54) is 6.26 Å². The molecule has 3 rings (SSSR count). The monoisotopic (exact) mass is 315 g/mol. The molecule has 1 heterocycles. The Morgan fingerprint density at radius 3 is 2.74 bits per heavy atom. The predicted octanol–water partition coefficient (Wildman–Crippen LogP) is 4.51. The van der Waals surface area contributed by atoms with Crippen molar-refractivity contribution in [2.75, 3.05) is 5.32 Å². The van der Waals surface area contributed by atoms with E-state index in [1.807, 2.05) is 26.0 Å². The first-order valence-electron chi connectivity index (χ1n) is 7.16. The van der Waals surface area contributed by atoms with Gasteiger partial charge in [0.1, 0.15) is 17.2 Å². The minimum Gasteiger partial charge on any atom is -0.464 e. The highest BCUT2D eigenvalue weighted by atomic mass is 19.1. The molecule has 3 aromatic rings. The van der Waals surface area contributed by atoms with Crippen molar-refractivity contribution >= 4 is 22.6 Å². The van der Waals surface area contributed by atoms with Crippen LogP contribution >= 0.6 is 0 Å². The third kappa shape index (κ3) is 3.08. The van der Waals surface area contributed by atoms with E-state index < -0.39 is 17.5 Å². The van der Waals surface area contributed by atoms with E-state index in [2.05, 4.69) is 5.32 Å². The van der Waals surface area contributed by atoms with Gasteiger partial charge in [-0.15, -0.1) is 0 Å². The van der Waals surface area contributed by atoms with Gasteiger partial charge in [0.15, 0.2) is 0 Å². The first-order chi connectivity index (χ1) is 10.9. The van der Waals surface area contributed by atoms with Crippen LogP contribution in [0.2, 0.25) is 0 Å². The average Bonchev–Trinajstić information content (AvgIpc) is 2.85. The Labute approximate surface area is 131 Å². The smallest absolute Gasteiger partial charge is 0.229 e. The fourth-order valence-electron chi connectivity index (χ4n) is 2.72. The second kappa shape index (κ2) is 5.83. The first-order valence-corrected chi connectivity index (χ1v) is 7.16. The summed E-state index contributed by atoms with van der Waals surface area (Å²) in [7, 11) is 0. The maximum absolute atomic E-state index is 13.6. The van der Waals surface area contributed by atoms with Crippen molar-refractivity contribution < 1.29 is 18.0 Å². The molecule has 0 atom stereocenters. The van der Waals surface area contributed by atoms with E-state index in [0.29, 0.717) is 11.1 Å². The summed E-state index contributed by atoms with van der Waals surface area (Å²) in [5.41, 5.74) is 3.33. The zero-order valence-electron chi connectivity index (χ0n) is 12.7. The molecule has 0 saturated heterocycles. The number of hydrogen-bond donors (Lipinski definition) is 1.